The third-order valence-corrected chi connectivity index (χ3v) is 2.38. The number of amides is 1. The summed E-state index contributed by atoms with van der Waals surface area (Å²) in [4.78, 5) is 11.7. The Hall–Kier alpha value is -1.40. The first-order chi connectivity index (χ1) is 8.98. The molecular formula is C13H19ClF2N2O2. The minimum absolute atomic E-state index is 0. The van der Waals surface area contributed by atoms with Crippen LogP contribution in [0.3, 0.4) is 0 Å². The summed E-state index contributed by atoms with van der Waals surface area (Å²) >= 11 is 0. The van der Waals surface area contributed by atoms with Crippen molar-refractivity contribution in [2.45, 2.75) is 19.3 Å². The van der Waals surface area contributed by atoms with Crippen LogP contribution in [0.2, 0.25) is 0 Å². The van der Waals surface area contributed by atoms with Crippen LogP contribution in [-0.2, 0) is 0 Å². The molecule has 4 nitrogen and oxygen atoms in total. The monoisotopic (exact) mass is 308 g/mol. The van der Waals surface area contributed by atoms with Gasteiger partial charge in [-0.25, -0.2) is 8.78 Å². The number of rotatable bonds is 7. The van der Waals surface area contributed by atoms with E-state index in [-0.39, 0.29) is 18.0 Å². The molecule has 0 bridgehead atoms. The summed E-state index contributed by atoms with van der Waals surface area (Å²) in [6, 6.07) is 6.40. The molecule has 0 atom stereocenters. The fourth-order valence-electron chi connectivity index (χ4n) is 1.33. The van der Waals surface area contributed by atoms with Gasteiger partial charge in [0, 0.05) is 5.56 Å². The average molecular weight is 309 g/mol. The van der Waals surface area contributed by atoms with Crippen molar-refractivity contribution in [3.8, 4) is 5.75 Å². The highest BCUT2D eigenvalue weighted by molar-refractivity contribution is 5.94. The molecule has 0 radical (unpaired) electrons. The van der Waals surface area contributed by atoms with Crippen molar-refractivity contribution in [1.29, 1.82) is 0 Å². The Morgan fingerprint density at radius 2 is 2.15 bits per heavy atom. The largest absolute Gasteiger partial charge is 0.494 e. The molecule has 1 aromatic rings. The Labute approximate surface area is 123 Å². The van der Waals surface area contributed by atoms with E-state index in [2.05, 4.69) is 5.32 Å². The summed E-state index contributed by atoms with van der Waals surface area (Å²) in [6.45, 7) is 0.928. The van der Waals surface area contributed by atoms with E-state index in [4.69, 9.17) is 10.5 Å². The van der Waals surface area contributed by atoms with Crippen molar-refractivity contribution in [2.24, 2.45) is 5.73 Å². The summed E-state index contributed by atoms with van der Waals surface area (Å²) < 4.78 is 31.2. The number of halogens is 3. The maximum atomic E-state index is 12.9. The summed E-state index contributed by atoms with van der Waals surface area (Å²) in [5.74, 6) is -3.12. The number of nitrogens with one attached hydrogen (secondary N) is 1. The first-order valence-electron chi connectivity index (χ1n) is 6.07. The van der Waals surface area contributed by atoms with Crippen LogP contribution in [0.4, 0.5) is 8.78 Å². The van der Waals surface area contributed by atoms with Crippen LogP contribution in [0.25, 0.3) is 0 Å². The van der Waals surface area contributed by atoms with E-state index in [9.17, 15) is 13.6 Å². The van der Waals surface area contributed by atoms with E-state index in [1.807, 2.05) is 6.92 Å². The van der Waals surface area contributed by atoms with Crippen LogP contribution >= 0.6 is 12.4 Å². The van der Waals surface area contributed by atoms with Gasteiger partial charge in [0.15, 0.2) is 0 Å². The van der Waals surface area contributed by atoms with Gasteiger partial charge in [0.2, 0.25) is 0 Å². The molecule has 1 rings (SSSR count). The molecule has 1 aromatic carbocycles. The lowest BCUT2D eigenvalue weighted by molar-refractivity contribution is 0.0118. The van der Waals surface area contributed by atoms with E-state index in [0.29, 0.717) is 12.4 Å². The maximum Gasteiger partial charge on any atom is 0.277 e. The molecule has 0 heterocycles. The summed E-state index contributed by atoms with van der Waals surface area (Å²) in [6.07, 6.45) is 0.846. The molecule has 3 N–H and O–H groups in total. The van der Waals surface area contributed by atoms with Gasteiger partial charge in [-0.3, -0.25) is 4.79 Å². The van der Waals surface area contributed by atoms with Crippen molar-refractivity contribution in [3.05, 3.63) is 29.8 Å². The highest BCUT2D eigenvalue weighted by Gasteiger charge is 2.27. The van der Waals surface area contributed by atoms with Crippen molar-refractivity contribution in [3.63, 3.8) is 0 Å². The van der Waals surface area contributed by atoms with Gasteiger partial charge in [-0.2, -0.15) is 0 Å². The molecule has 0 unspecified atom stereocenters. The lowest BCUT2D eigenvalue weighted by atomic mass is 10.2. The molecule has 0 aliphatic rings. The smallest absolute Gasteiger partial charge is 0.277 e. The second-order valence-electron chi connectivity index (χ2n) is 4.12. The second-order valence-corrected chi connectivity index (χ2v) is 4.12. The molecule has 7 heteroatoms. The van der Waals surface area contributed by atoms with Crippen LogP contribution in [-0.4, -0.2) is 31.5 Å². The van der Waals surface area contributed by atoms with Gasteiger partial charge in [-0.05, 0) is 24.6 Å². The second kappa shape index (κ2) is 8.71. The Morgan fingerprint density at radius 3 is 2.75 bits per heavy atom. The number of ether oxygens (including phenoxy) is 1. The van der Waals surface area contributed by atoms with Gasteiger partial charge in [0.05, 0.1) is 19.7 Å². The van der Waals surface area contributed by atoms with Gasteiger partial charge in [0.25, 0.3) is 11.8 Å². The van der Waals surface area contributed by atoms with E-state index >= 15 is 0 Å². The standard InChI is InChI=1S/C13H18F2N2O2.ClH/c1-2-6-19-11-5-3-4-10(7-11)12(18)17-9-13(14,15)8-16;/h3-5,7H,2,6,8-9,16H2,1H3,(H,17,18);1H. The number of carbonyl (C=O) groups is 1. The van der Waals surface area contributed by atoms with Gasteiger partial charge >= 0.3 is 0 Å². The highest BCUT2D eigenvalue weighted by atomic mass is 35.5. The van der Waals surface area contributed by atoms with Crippen molar-refractivity contribution < 1.29 is 18.3 Å². The topological polar surface area (TPSA) is 64.3 Å². The molecule has 0 fully saturated rings. The van der Waals surface area contributed by atoms with Crippen molar-refractivity contribution >= 4 is 18.3 Å². The molecule has 1 amide bonds. The SMILES string of the molecule is CCCOc1cccc(C(=O)NCC(F)(F)CN)c1.Cl. The number of nitrogens with two attached hydrogens (primary N) is 1. The van der Waals surface area contributed by atoms with Gasteiger partial charge in [-0.15, -0.1) is 12.4 Å². The van der Waals surface area contributed by atoms with Gasteiger partial charge in [-0.1, -0.05) is 13.0 Å². The number of hydrogen-bond donors (Lipinski definition) is 2. The predicted molar refractivity (Wildman–Crippen MR) is 75.8 cm³/mol. The molecule has 0 aliphatic carbocycles. The van der Waals surface area contributed by atoms with Crippen molar-refractivity contribution in [1.82, 2.24) is 5.32 Å². The van der Waals surface area contributed by atoms with E-state index in [1.54, 1.807) is 12.1 Å². The normalized spacial score (nSPS) is 10.6. The zero-order valence-electron chi connectivity index (χ0n) is 11.2. The van der Waals surface area contributed by atoms with Gasteiger partial charge < -0.3 is 15.8 Å². The molecule has 20 heavy (non-hydrogen) atoms. The zero-order chi connectivity index (χ0) is 14.3. The van der Waals surface area contributed by atoms with Crippen LogP contribution in [0.1, 0.15) is 23.7 Å². The van der Waals surface area contributed by atoms with Crippen LogP contribution in [0.5, 0.6) is 5.75 Å². The Kier molecular flexibility index (Phi) is 8.10. The zero-order valence-corrected chi connectivity index (χ0v) is 12.0. The maximum absolute atomic E-state index is 12.9. The van der Waals surface area contributed by atoms with Crippen LogP contribution < -0.4 is 15.8 Å². The van der Waals surface area contributed by atoms with Crippen LogP contribution in [0.15, 0.2) is 24.3 Å². The molecule has 0 spiro atoms. The third kappa shape index (κ3) is 6.16. The van der Waals surface area contributed by atoms with E-state index in [1.165, 1.54) is 12.1 Å². The molecule has 0 aliphatic heterocycles. The number of alkyl halides is 2. The quantitative estimate of drug-likeness (QED) is 0.812. The summed E-state index contributed by atoms with van der Waals surface area (Å²) in [5.41, 5.74) is 5.17. The Balaban J connectivity index is 0.00000361. The lowest BCUT2D eigenvalue weighted by Gasteiger charge is -2.14. The number of carbonyl (C=O) groups excluding carboxylic acids is 1. The van der Waals surface area contributed by atoms with Crippen molar-refractivity contribution in [2.75, 3.05) is 19.7 Å². The highest BCUT2D eigenvalue weighted by Crippen LogP contribution is 2.14. The summed E-state index contributed by atoms with van der Waals surface area (Å²) in [5, 5.41) is 2.15. The van der Waals surface area contributed by atoms with E-state index in [0.717, 1.165) is 6.42 Å². The van der Waals surface area contributed by atoms with E-state index < -0.39 is 24.9 Å². The molecule has 0 saturated heterocycles. The molecule has 0 saturated carbocycles. The molecule has 0 aromatic heterocycles. The first kappa shape index (κ1) is 18.6. The lowest BCUT2D eigenvalue weighted by Crippen LogP contribution is -2.41. The Bertz CT molecular complexity index is 431. The van der Waals surface area contributed by atoms with Crippen LogP contribution in [0, 0.1) is 0 Å². The number of hydrogen-bond acceptors (Lipinski definition) is 3. The third-order valence-electron chi connectivity index (χ3n) is 2.38. The fraction of sp³-hybridized carbons (Fsp3) is 0.462. The minimum Gasteiger partial charge on any atom is -0.494 e. The minimum atomic E-state index is -3.09. The fourth-order valence-corrected chi connectivity index (χ4v) is 1.33. The van der Waals surface area contributed by atoms with Gasteiger partial charge in [0.1, 0.15) is 5.75 Å². The summed E-state index contributed by atoms with van der Waals surface area (Å²) in [7, 11) is 0. The number of benzene rings is 1. The average Bonchev–Trinajstić information content (AvgIpc) is 2.43. The molecular weight excluding hydrogens is 290 g/mol. The first-order valence-corrected chi connectivity index (χ1v) is 6.07. The molecule has 114 valence electrons. The Morgan fingerprint density at radius 1 is 1.45 bits per heavy atom. The predicted octanol–water partition coefficient (Wildman–Crippen LogP) is 2.22.